The highest BCUT2D eigenvalue weighted by atomic mass is 32.2. The van der Waals surface area contributed by atoms with E-state index in [1.807, 2.05) is 24.3 Å². The molecule has 1 saturated heterocycles. The molecule has 0 bridgehead atoms. The second kappa shape index (κ2) is 10.8. The van der Waals surface area contributed by atoms with Crippen LogP contribution in [0.5, 0.6) is 5.75 Å². The Labute approximate surface area is 201 Å². The topological polar surface area (TPSA) is 87.7 Å². The van der Waals surface area contributed by atoms with Gasteiger partial charge in [0.1, 0.15) is 5.75 Å². The van der Waals surface area contributed by atoms with E-state index in [0.717, 1.165) is 56.1 Å². The highest BCUT2D eigenvalue weighted by molar-refractivity contribution is 7.92. The van der Waals surface area contributed by atoms with Gasteiger partial charge in [-0.15, -0.1) is 10.2 Å². The van der Waals surface area contributed by atoms with Gasteiger partial charge < -0.3 is 14.5 Å². The van der Waals surface area contributed by atoms with Crippen molar-refractivity contribution >= 4 is 21.5 Å². The van der Waals surface area contributed by atoms with Gasteiger partial charge in [0, 0.05) is 37.4 Å². The molecular weight excluding hydrogens is 450 g/mol. The molecule has 8 nitrogen and oxygen atoms in total. The number of anilines is 2. The molecule has 9 heteroatoms. The van der Waals surface area contributed by atoms with Gasteiger partial charge >= 0.3 is 0 Å². The third-order valence-electron chi connectivity index (χ3n) is 5.81. The summed E-state index contributed by atoms with van der Waals surface area (Å²) in [6, 6.07) is 17.5. The van der Waals surface area contributed by atoms with Crippen molar-refractivity contribution in [3.05, 3.63) is 60.7 Å². The molecule has 0 amide bonds. The Hall–Kier alpha value is -3.17. The van der Waals surface area contributed by atoms with E-state index >= 15 is 0 Å². The van der Waals surface area contributed by atoms with E-state index in [1.165, 1.54) is 0 Å². The zero-order chi connectivity index (χ0) is 24.0. The molecular formula is C25H31N5O3S. The first-order valence-electron chi connectivity index (χ1n) is 11.6. The number of hydrogen-bond acceptors (Lipinski definition) is 7. The number of ether oxygens (including phenoxy) is 1. The number of likely N-dealkylation sites (N-methyl/N-ethyl adjacent to an activating group) is 1. The van der Waals surface area contributed by atoms with Gasteiger partial charge in [0.2, 0.25) is 0 Å². The van der Waals surface area contributed by atoms with Crippen LogP contribution in [0.25, 0.3) is 11.3 Å². The Morgan fingerprint density at radius 1 is 0.912 bits per heavy atom. The van der Waals surface area contributed by atoms with Gasteiger partial charge in [-0.1, -0.05) is 25.5 Å². The quantitative estimate of drug-likeness (QED) is 0.464. The Morgan fingerprint density at radius 2 is 1.62 bits per heavy atom. The molecule has 1 fully saturated rings. The van der Waals surface area contributed by atoms with Crippen LogP contribution in [0.15, 0.2) is 65.6 Å². The summed E-state index contributed by atoms with van der Waals surface area (Å²) in [6.07, 6.45) is 2.01. The number of nitrogens with zero attached hydrogens (tertiary/aromatic N) is 4. The Morgan fingerprint density at radius 3 is 2.24 bits per heavy atom. The SMILES string of the molecule is CCCCOc1ccc(S(=O)(=O)Nc2ccc(-c3ccc(N4CCN(C)CC4)nn3)cc2)cc1. The maximum atomic E-state index is 12.8. The van der Waals surface area contributed by atoms with Crippen LogP contribution in [-0.4, -0.2) is 63.3 Å². The van der Waals surface area contributed by atoms with Gasteiger partial charge in [0.15, 0.2) is 5.82 Å². The molecule has 0 aliphatic carbocycles. The summed E-state index contributed by atoms with van der Waals surface area (Å²) in [5, 5.41) is 8.77. The minimum atomic E-state index is -3.70. The summed E-state index contributed by atoms with van der Waals surface area (Å²) in [7, 11) is -1.58. The number of nitrogens with one attached hydrogen (secondary N) is 1. The van der Waals surface area contributed by atoms with Crippen molar-refractivity contribution in [1.82, 2.24) is 15.1 Å². The van der Waals surface area contributed by atoms with Crippen LogP contribution in [0.1, 0.15) is 19.8 Å². The zero-order valence-corrected chi connectivity index (χ0v) is 20.5. The summed E-state index contributed by atoms with van der Waals surface area (Å²) < 4.78 is 33.7. The maximum absolute atomic E-state index is 12.8. The molecule has 0 atom stereocenters. The number of sulfonamides is 1. The fourth-order valence-corrected chi connectivity index (χ4v) is 4.71. The van der Waals surface area contributed by atoms with Crippen molar-refractivity contribution in [2.24, 2.45) is 0 Å². The van der Waals surface area contributed by atoms with Crippen molar-refractivity contribution in [1.29, 1.82) is 0 Å². The number of rotatable bonds is 9. The Kier molecular flexibility index (Phi) is 7.64. The lowest BCUT2D eigenvalue weighted by Gasteiger charge is -2.32. The van der Waals surface area contributed by atoms with Crippen molar-refractivity contribution in [3.63, 3.8) is 0 Å². The summed E-state index contributed by atoms with van der Waals surface area (Å²) >= 11 is 0. The summed E-state index contributed by atoms with van der Waals surface area (Å²) in [4.78, 5) is 4.72. The smallest absolute Gasteiger partial charge is 0.261 e. The molecule has 0 radical (unpaired) electrons. The molecule has 1 aromatic heterocycles. The first-order valence-corrected chi connectivity index (χ1v) is 13.1. The lowest BCUT2D eigenvalue weighted by atomic mass is 10.1. The highest BCUT2D eigenvalue weighted by Gasteiger charge is 2.16. The number of aromatic nitrogens is 2. The minimum Gasteiger partial charge on any atom is -0.494 e. The van der Waals surface area contributed by atoms with Crippen LogP contribution in [0, 0.1) is 0 Å². The largest absolute Gasteiger partial charge is 0.494 e. The van der Waals surface area contributed by atoms with Gasteiger partial charge in [-0.3, -0.25) is 4.72 Å². The predicted molar refractivity (Wildman–Crippen MR) is 135 cm³/mol. The standard InChI is InChI=1S/C25H31N5O3S/c1-3-4-19-33-22-9-11-23(12-10-22)34(31,32)28-21-7-5-20(6-8-21)24-13-14-25(27-26-24)30-17-15-29(2)16-18-30/h5-14,28H,3-4,15-19H2,1-2H3. The van der Waals surface area contributed by atoms with E-state index in [4.69, 9.17) is 4.74 Å². The lowest BCUT2D eigenvalue weighted by molar-refractivity contribution is 0.309. The molecule has 0 spiro atoms. The van der Waals surface area contributed by atoms with E-state index in [1.54, 1.807) is 36.4 Å². The van der Waals surface area contributed by atoms with Crippen molar-refractivity contribution in [2.45, 2.75) is 24.7 Å². The van der Waals surface area contributed by atoms with Crippen LogP contribution in [-0.2, 0) is 10.0 Å². The first-order chi connectivity index (χ1) is 16.4. The fourth-order valence-electron chi connectivity index (χ4n) is 3.66. The van der Waals surface area contributed by atoms with Gasteiger partial charge in [-0.25, -0.2) is 8.42 Å². The van der Waals surface area contributed by atoms with Crippen LogP contribution >= 0.6 is 0 Å². The van der Waals surface area contributed by atoms with Crippen LogP contribution in [0.4, 0.5) is 11.5 Å². The third-order valence-corrected chi connectivity index (χ3v) is 7.21. The second-order valence-corrected chi connectivity index (χ2v) is 10.1. The molecule has 1 aliphatic rings. The van der Waals surface area contributed by atoms with Gasteiger partial charge in [0.25, 0.3) is 10.0 Å². The molecule has 4 rings (SSSR count). The van der Waals surface area contributed by atoms with Crippen LogP contribution in [0.3, 0.4) is 0 Å². The predicted octanol–water partition coefficient (Wildman–Crippen LogP) is 3.88. The molecule has 0 saturated carbocycles. The van der Waals surface area contributed by atoms with E-state index in [-0.39, 0.29) is 4.90 Å². The van der Waals surface area contributed by atoms with E-state index in [0.29, 0.717) is 18.0 Å². The summed E-state index contributed by atoms with van der Waals surface area (Å²) in [5.41, 5.74) is 2.09. The van der Waals surface area contributed by atoms with Crippen LogP contribution in [0.2, 0.25) is 0 Å². The molecule has 1 aliphatic heterocycles. The Bertz CT molecular complexity index is 1160. The lowest BCUT2D eigenvalue weighted by Crippen LogP contribution is -2.44. The minimum absolute atomic E-state index is 0.185. The van der Waals surface area contributed by atoms with Crippen molar-refractivity contribution in [2.75, 3.05) is 49.5 Å². The number of unbranched alkanes of at least 4 members (excludes halogenated alkanes) is 1. The zero-order valence-electron chi connectivity index (χ0n) is 19.6. The fraction of sp³-hybridized carbons (Fsp3) is 0.360. The van der Waals surface area contributed by atoms with E-state index < -0.39 is 10.0 Å². The van der Waals surface area contributed by atoms with E-state index in [2.05, 4.69) is 38.7 Å². The van der Waals surface area contributed by atoms with Crippen molar-refractivity contribution < 1.29 is 13.2 Å². The average Bonchev–Trinajstić information content (AvgIpc) is 2.85. The van der Waals surface area contributed by atoms with Crippen molar-refractivity contribution in [3.8, 4) is 17.0 Å². The van der Waals surface area contributed by atoms with Gasteiger partial charge in [-0.05, 0) is 62.0 Å². The van der Waals surface area contributed by atoms with Gasteiger partial charge in [-0.2, -0.15) is 0 Å². The van der Waals surface area contributed by atoms with Crippen LogP contribution < -0.4 is 14.4 Å². The average molecular weight is 482 g/mol. The summed E-state index contributed by atoms with van der Waals surface area (Å²) in [5.74, 6) is 1.54. The molecule has 180 valence electrons. The molecule has 1 N–H and O–H groups in total. The molecule has 2 aromatic carbocycles. The maximum Gasteiger partial charge on any atom is 0.261 e. The monoisotopic (exact) mass is 481 g/mol. The molecule has 2 heterocycles. The second-order valence-electron chi connectivity index (χ2n) is 8.42. The normalized spacial score (nSPS) is 14.7. The Balaban J connectivity index is 1.38. The van der Waals surface area contributed by atoms with Gasteiger partial charge in [0.05, 0.1) is 17.2 Å². The molecule has 34 heavy (non-hydrogen) atoms. The number of piperazine rings is 1. The molecule has 3 aromatic rings. The van der Waals surface area contributed by atoms with E-state index in [9.17, 15) is 8.42 Å². The highest BCUT2D eigenvalue weighted by Crippen LogP contribution is 2.24. The number of benzene rings is 2. The number of hydrogen-bond donors (Lipinski definition) is 1. The molecule has 0 unspecified atom stereocenters. The third kappa shape index (κ3) is 6.03. The first kappa shape index (κ1) is 24.0. The summed E-state index contributed by atoms with van der Waals surface area (Å²) in [6.45, 7) is 6.61.